The second-order valence-corrected chi connectivity index (χ2v) is 7.41. The Hall–Kier alpha value is -2.41. The van der Waals surface area contributed by atoms with Crippen LogP contribution in [0.2, 0.25) is 0 Å². The summed E-state index contributed by atoms with van der Waals surface area (Å²) < 4.78 is 5.60. The topological polar surface area (TPSA) is 105 Å². The summed E-state index contributed by atoms with van der Waals surface area (Å²) in [6.45, 7) is 5.97. The summed E-state index contributed by atoms with van der Waals surface area (Å²) in [7, 11) is 1.56. The number of carboxylic acids is 1. The number of ether oxygens (including phenoxy) is 1. The largest absolute Gasteiger partial charge is 0.479 e. The van der Waals surface area contributed by atoms with E-state index < -0.39 is 16.9 Å². The van der Waals surface area contributed by atoms with E-state index in [9.17, 15) is 19.5 Å². The molecule has 2 atom stereocenters. The van der Waals surface area contributed by atoms with E-state index in [0.717, 1.165) is 5.56 Å². The van der Waals surface area contributed by atoms with Crippen molar-refractivity contribution in [2.24, 2.45) is 5.41 Å². The van der Waals surface area contributed by atoms with Crippen molar-refractivity contribution in [3.63, 3.8) is 0 Å². The highest BCUT2D eigenvalue weighted by Gasteiger charge is 2.66. The third-order valence-electron chi connectivity index (χ3n) is 5.54. The average molecular weight is 376 g/mol. The molecule has 0 saturated heterocycles. The van der Waals surface area contributed by atoms with Gasteiger partial charge in [-0.3, -0.25) is 9.59 Å². The van der Waals surface area contributed by atoms with E-state index in [2.05, 4.69) is 10.6 Å². The van der Waals surface area contributed by atoms with E-state index in [0.29, 0.717) is 18.6 Å². The lowest BCUT2D eigenvalue weighted by Gasteiger charge is -2.58. The lowest BCUT2D eigenvalue weighted by atomic mass is 9.54. The molecule has 0 heterocycles. The fourth-order valence-corrected chi connectivity index (χ4v) is 3.61. The van der Waals surface area contributed by atoms with Crippen LogP contribution in [0.3, 0.4) is 0 Å². The second-order valence-electron chi connectivity index (χ2n) is 7.41. The monoisotopic (exact) mass is 376 g/mol. The Morgan fingerprint density at radius 1 is 1.30 bits per heavy atom. The van der Waals surface area contributed by atoms with Crippen molar-refractivity contribution in [1.29, 1.82) is 0 Å². The van der Waals surface area contributed by atoms with Crippen LogP contribution in [0.1, 0.15) is 49.5 Å². The number of benzene rings is 1. The molecule has 0 bridgehead atoms. The number of nitrogens with one attached hydrogen (secondary N) is 2. The number of aryl methyl sites for hydroxylation is 1. The molecule has 2 amide bonds. The van der Waals surface area contributed by atoms with Crippen molar-refractivity contribution < 1.29 is 24.2 Å². The first-order valence-corrected chi connectivity index (χ1v) is 9.15. The molecule has 1 aromatic rings. The third-order valence-corrected chi connectivity index (χ3v) is 5.54. The van der Waals surface area contributed by atoms with Gasteiger partial charge < -0.3 is 20.5 Å². The molecule has 1 fully saturated rings. The van der Waals surface area contributed by atoms with Gasteiger partial charge in [-0.15, -0.1) is 0 Å². The summed E-state index contributed by atoms with van der Waals surface area (Å²) in [5.74, 6) is -1.56. The van der Waals surface area contributed by atoms with E-state index in [1.54, 1.807) is 39.1 Å². The van der Waals surface area contributed by atoms with Crippen molar-refractivity contribution in [3.8, 4) is 0 Å². The van der Waals surface area contributed by atoms with Gasteiger partial charge in [-0.2, -0.15) is 0 Å². The van der Waals surface area contributed by atoms with Crippen LogP contribution < -0.4 is 10.6 Å². The zero-order valence-corrected chi connectivity index (χ0v) is 16.3. The minimum Gasteiger partial charge on any atom is -0.479 e. The van der Waals surface area contributed by atoms with Gasteiger partial charge >= 0.3 is 5.97 Å². The first-order valence-electron chi connectivity index (χ1n) is 9.15. The van der Waals surface area contributed by atoms with Crippen molar-refractivity contribution in [2.75, 3.05) is 13.7 Å². The van der Waals surface area contributed by atoms with Gasteiger partial charge in [0.15, 0.2) is 0 Å². The van der Waals surface area contributed by atoms with Crippen LogP contribution in [0.15, 0.2) is 24.3 Å². The number of carboxylic acid groups (broad SMARTS) is 1. The predicted octanol–water partition coefficient (Wildman–Crippen LogP) is 1.75. The van der Waals surface area contributed by atoms with Gasteiger partial charge in [-0.1, -0.05) is 26.0 Å². The van der Waals surface area contributed by atoms with Gasteiger partial charge in [0.1, 0.15) is 5.54 Å². The first-order chi connectivity index (χ1) is 12.7. The van der Waals surface area contributed by atoms with Crippen LogP contribution >= 0.6 is 0 Å². The number of carbonyl (C=O) groups is 3. The third kappa shape index (κ3) is 3.98. The van der Waals surface area contributed by atoms with Crippen LogP contribution in [0.4, 0.5) is 0 Å². The van der Waals surface area contributed by atoms with Crippen LogP contribution in [0.5, 0.6) is 0 Å². The maximum absolute atomic E-state index is 12.5. The van der Waals surface area contributed by atoms with Crippen molar-refractivity contribution in [3.05, 3.63) is 35.4 Å². The van der Waals surface area contributed by atoms with Gasteiger partial charge in [0.25, 0.3) is 5.91 Å². The van der Waals surface area contributed by atoms with E-state index in [1.165, 1.54) is 0 Å². The predicted molar refractivity (Wildman–Crippen MR) is 100 cm³/mol. The van der Waals surface area contributed by atoms with Gasteiger partial charge in [-0.05, 0) is 31.0 Å². The van der Waals surface area contributed by atoms with Crippen molar-refractivity contribution in [1.82, 2.24) is 10.6 Å². The Labute approximate surface area is 159 Å². The number of amides is 2. The number of hydrogen-bond acceptors (Lipinski definition) is 4. The molecule has 27 heavy (non-hydrogen) atoms. The highest BCUT2D eigenvalue weighted by Crippen LogP contribution is 2.51. The van der Waals surface area contributed by atoms with Crippen LogP contribution in [0.25, 0.3) is 0 Å². The van der Waals surface area contributed by atoms with E-state index >= 15 is 0 Å². The standard InChI is InChI=1S/C20H28N2O5/c1-5-27-15-12-20(18(25)26,19(15,2)3)22-16(23)10-9-13-7-6-8-14(11-13)17(24)21-4/h6-8,11,15H,5,9-10,12H2,1-4H3,(H,21,24)(H,22,23)(H,25,26). The summed E-state index contributed by atoms with van der Waals surface area (Å²) >= 11 is 0. The molecule has 0 spiro atoms. The summed E-state index contributed by atoms with van der Waals surface area (Å²) in [6.07, 6.45) is 0.604. The quantitative estimate of drug-likeness (QED) is 0.641. The highest BCUT2D eigenvalue weighted by atomic mass is 16.5. The molecule has 2 rings (SSSR count). The van der Waals surface area contributed by atoms with Gasteiger partial charge in [0, 0.05) is 37.5 Å². The average Bonchev–Trinajstić information content (AvgIpc) is 2.64. The fourth-order valence-electron chi connectivity index (χ4n) is 3.61. The molecule has 1 aliphatic carbocycles. The summed E-state index contributed by atoms with van der Waals surface area (Å²) in [6, 6.07) is 7.04. The molecule has 1 aromatic carbocycles. The molecule has 2 unspecified atom stereocenters. The minimum atomic E-state index is -1.33. The molecule has 148 valence electrons. The van der Waals surface area contributed by atoms with E-state index in [-0.39, 0.29) is 30.8 Å². The van der Waals surface area contributed by atoms with Crippen molar-refractivity contribution >= 4 is 17.8 Å². The highest BCUT2D eigenvalue weighted by molar-refractivity contribution is 5.94. The van der Waals surface area contributed by atoms with Gasteiger partial charge in [0.2, 0.25) is 5.91 Å². The Morgan fingerprint density at radius 3 is 2.56 bits per heavy atom. The molecule has 1 saturated carbocycles. The van der Waals surface area contributed by atoms with Crippen molar-refractivity contribution in [2.45, 2.75) is 51.7 Å². The Balaban J connectivity index is 2.02. The molecule has 3 N–H and O–H groups in total. The SMILES string of the molecule is CCOC1CC(NC(=O)CCc2cccc(C(=O)NC)c2)(C(=O)O)C1(C)C. The number of carbonyl (C=O) groups excluding carboxylic acids is 2. The lowest BCUT2D eigenvalue weighted by Crippen LogP contribution is -2.76. The fraction of sp³-hybridized carbons (Fsp3) is 0.550. The van der Waals surface area contributed by atoms with Crippen LogP contribution in [-0.2, 0) is 20.7 Å². The first kappa shape index (κ1) is 20.9. The maximum atomic E-state index is 12.5. The zero-order chi connectivity index (χ0) is 20.2. The smallest absolute Gasteiger partial charge is 0.330 e. The zero-order valence-electron chi connectivity index (χ0n) is 16.3. The molecule has 0 aromatic heterocycles. The molecule has 7 nitrogen and oxygen atoms in total. The second kappa shape index (κ2) is 8.08. The molecular formula is C20H28N2O5. The molecule has 0 radical (unpaired) electrons. The Morgan fingerprint density at radius 2 is 2.00 bits per heavy atom. The van der Waals surface area contributed by atoms with Gasteiger partial charge in [0.05, 0.1) is 6.10 Å². The normalized spacial score (nSPS) is 23.2. The molecule has 1 aliphatic rings. The number of aliphatic carboxylic acids is 1. The molecular weight excluding hydrogens is 348 g/mol. The van der Waals surface area contributed by atoms with Crippen LogP contribution in [0, 0.1) is 5.41 Å². The Kier molecular flexibility index (Phi) is 6.26. The maximum Gasteiger partial charge on any atom is 0.330 e. The minimum absolute atomic E-state index is 0.140. The van der Waals surface area contributed by atoms with E-state index in [1.807, 2.05) is 13.0 Å². The number of rotatable bonds is 8. The van der Waals surface area contributed by atoms with Crippen LogP contribution in [-0.4, -0.2) is 48.2 Å². The summed E-state index contributed by atoms with van der Waals surface area (Å²) in [5.41, 5.74) is -0.662. The summed E-state index contributed by atoms with van der Waals surface area (Å²) in [4.78, 5) is 36.1. The summed E-state index contributed by atoms with van der Waals surface area (Å²) in [5, 5.41) is 15.0. The van der Waals surface area contributed by atoms with Gasteiger partial charge in [-0.25, -0.2) is 4.79 Å². The van der Waals surface area contributed by atoms with E-state index in [4.69, 9.17) is 4.74 Å². The lowest BCUT2D eigenvalue weighted by molar-refractivity contribution is -0.194. The molecule has 0 aliphatic heterocycles. The Bertz CT molecular complexity index is 731. The number of hydrogen-bond donors (Lipinski definition) is 3. The molecule has 7 heteroatoms.